The standard InChI is InChI=1S/C17H15ClN2O2S/c1-9-3-5-12(18)8-13(9)19-17(22)11-4-6-15-14(7-11)20-16(21)10(2)23-15/h3-8,10H,1-2H3,(H,19,22)(H,20,21). The number of rotatable bonds is 2. The molecule has 0 aliphatic carbocycles. The zero-order chi connectivity index (χ0) is 16.6. The molecule has 2 amide bonds. The van der Waals surface area contributed by atoms with Gasteiger partial charge in [0.15, 0.2) is 0 Å². The maximum atomic E-state index is 12.4. The molecule has 1 atom stereocenters. The van der Waals surface area contributed by atoms with Gasteiger partial charge in [-0.2, -0.15) is 0 Å². The first kappa shape index (κ1) is 15.9. The van der Waals surface area contributed by atoms with Crippen LogP contribution in [0.4, 0.5) is 11.4 Å². The van der Waals surface area contributed by atoms with E-state index in [1.807, 2.05) is 26.0 Å². The van der Waals surface area contributed by atoms with Crippen molar-refractivity contribution in [3.8, 4) is 0 Å². The fourth-order valence-electron chi connectivity index (χ4n) is 2.27. The van der Waals surface area contributed by atoms with Crippen LogP contribution in [0.25, 0.3) is 0 Å². The maximum absolute atomic E-state index is 12.4. The highest BCUT2D eigenvalue weighted by atomic mass is 35.5. The molecule has 1 aliphatic heterocycles. The van der Waals surface area contributed by atoms with Crippen molar-refractivity contribution in [1.82, 2.24) is 0 Å². The van der Waals surface area contributed by atoms with Crippen molar-refractivity contribution in [2.24, 2.45) is 0 Å². The molecule has 0 spiro atoms. The molecular weight excluding hydrogens is 332 g/mol. The van der Waals surface area contributed by atoms with E-state index in [1.165, 1.54) is 11.8 Å². The number of benzene rings is 2. The zero-order valence-corrected chi connectivity index (χ0v) is 14.2. The van der Waals surface area contributed by atoms with Crippen molar-refractivity contribution in [1.29, 1.82) is 0 Å². The number of amides is 2. The molecule has 3 rings (SSSR count). The topological polar surface area (TPSA) is 58.2 Å². The second kappa shape index (κ2) is 6.26. The molecule has 1 heterocycles. The Labute approximate surface area is 143 Å². The lowest BCUT2D eigenvalue weighted by atomic mass is 10.1. The molecule has 1 aliphatic rings. The molecule has 6 heteroatoms. The summed E-state index contributed by atoms with van der Waals surface area (Å²) in [5, 5.41) is 6.12. The molecule has 4 nitrogen and oxygen atoms in total. The van der Waals surface area contributed by atoms with Crippen molar-refractivity contribution in [3.63, 3.8) is 0 Å². The first-order valence-electron chi connectivity index (χ1n) is 7.13. The van der Waals surface area contributed by atoms with Crippen molar-refractivity contribution in [2.75, 3.05) is 10.6 Å². The molecule has 0 saturated heterocycles. The third-order valence-electron chi connectivity index (χ3n) is 3.62. The van der Waals surface area contributed by atoms with Gasteiger partial charge in [-0.05, 0) is 49.7 Å². The van der Waals surface area contributed by atoms with E-state index in [9.17, 15) is 9.59 Å². The van der Waals surface area contributed by atoms with Crippen LogP contribution in [-0.4, -0.2) is 17.1 Å². The molecular formula is C17H15ClN2O2S. The molecule has 2 N–H and O–H groups in total. The van der Waals surface area contributed by atoms with Crippen LogP contribution in [0.2, 0.25) is 5.02 Å². The third-order valence-corrected chi connectivity index (χ3v) is 5.03. The van der Waals surface area contributed by atoms with Crippen molar-refractivity contribution < 1.29 is 9.59 Å². The Balaban J connectivity index is 1.85. The third kappa shape index (κ3) is 3.35. The highest BCUT2D eigenvalue weighted by Crippen LogP contribution is 2.36. The Bertz CT molecular complexity index is 807. The summed E-state index contributed by atoms with van der Waals surface area (Å²) in [5.74, 6) is -0.290. The van der Waals surface area contributed by atoms with Crippen LogP contribution >= 0.6 is 23.4 Å². The normalized spacial score (nSPS) is 16.5. The van der Waals surface area contributed by atoms with Crippen molar-refractivity contribution in [3.05, 3.63) is 52.5 Å². The number of halogens is 1. The lowest BCUT2D eigenvalue weighted by Crippen LogP contribution is -2.26. The number of thioether (sulfide) groups is 1. The fourth-order valence-corrected chi connectivity index (χ4v) is 3.38. The summed E-state index contributed by atoms with van der Waals surface area (Å²) in [6.07, 6.45) is 0. The lowest BCUT2D eigenvalue weighted by molar-refractivity contribution is -0.115. The van der Waals surface area contributed by atoms with Gasteiger partial charge in [-0.25, -0.2) is 0 Å². The predicted molar refractivity (Wildman–Crippen MR) is 94.5 cm³/mol. The van der Waals surface area contributed by atoms with E-state index < -0.39 is 0 Å². The first-order valence-corrected chi connectivity index (χ1v) is 8.39. The van der Waals surface area contributed by atoms with Crippen LogP contribution < -0.4 is 10.6 Å². The number of fused-ring (bicyclic) bond motifs is 1. The lowest BCUT2D eigenvalue weighted by Gasteiger charge is -2.21. The summed E-state index contributed by atoms with van der Waals surface area (Å²) in [4.78, 5) is 25.2. The van der Waals surface area contributed by atoms with Gasteiger partial charge in [0.05, 0.1) is 10.9 Å². The molecule has 0 saturated carbocycles. The van der Waals surface area contributed by atoms with E-state index in [4.69, 9.17) is 11.6 Å². The smallest absolute Gasteiger partial charge is 0.255 e. The Kier molecular flexibility index (Phi) is 4.33. The van der Waals surface area contributed by atoms with E-state index in [2.05, 4.69) is 10.6 Å². The number of hydrogen-bond acceptors (Lipinski definition) is 3. The molecule has 0 radical (unpaired) electrons. The predicted octanol–water partition coefficient (Wildman–Crippen LogP) is 4.33. The van der Waals surface area contributed by atoms with Crippen molar-refractivity contribution in [2.45, 2.75) is 24.0 Å². The molecule has 0 aromatic heterocycles. The Morgan fingerprint density at radius 3 is 2.83 bits per heavy atom. The molecule has 23 heavy (non-hydrogen) atoms. The second-order valence-electron chi connectivity index (χ2n) is 5.37. The summed E-state index contributed by atoms with van der Waals surface area (Å²) >= 11 is 7.46. The van der Waals surface area contributed by atoms with Crippen LogP contribution in [0.15, 0.2) is 41.3 Å². The van der Waals surface area contributed by atoms with Crippen LogP contribution in [-0.2, 0) is 4.79 Å². The number of nitrogens with one attached hydrogen (secondary N) is 2. The van der Waals surface area contributed by atoms with E-state index in [0.717, 1.165) is 10.5 Å². The van der Waals surface area contributed by atoms with Crippen LogP contribution in [0.5, 0.6) is 0 Å². The largest absolute Gasteiger partial charge is 0.324 e. The van der Waals surface area contributed by atoms with Gasteiger partial charge < -0.3 is 10.6 Å². The fraction of sp³-hybridized carbons (Fsp3) is 0.176. The quantitative estimate of drug-likeness (QED) is 0.850. The van der Waals surface area contributed by atoms with Gasteiger partial charge in [0.25, 0.3) is 5.91 Å². The summed E-state index contributed by atoms with van der Waals surface area (Å²) in [6.45, 7) is 3.75. The molecule has 118 valence electrons. The van der Waals surface area contributed by atoms with Gasteiger partial charge in [0.2, 0.25) is 5.91 Å². The van der Waals surface area contributed by atoms with Gasteiger partial charge in [-0.1, -0.05) is 17.7 Å². The Morgan fingerprint density at radius 1 is 1.26 bits per heavy atom. The van der Waals surface area contributed by atoms with Gasteiger partial charge in [0, 0.05) is 21.2 Å². The number of hydrogen-bond donors (Lipinski definition) is 2. The van der Waals surface area contributed by atoms with E-state index in [1.54, 1.807) is 24.3 Å². The number of carbonyl (C=O) groups is 2. The zero-order valence-electron chi connectivity index (χ0n) is 12.6. The SMILES string of the molecule is Cc1ccc(Cl)cc1NC(=O)c1ccc2c(c1)NC(=O)C(C)S2. The highest BCUT2D eigenvalue weighted by Gasteiger charge is 2.23. The van der Waals surface area contributed by atoms with E-state index in [-0.39, 0.29) is 17.1 Å². The number of anilines is 2. The Morgan fingerprint density at radius 2 is 2.04 bits per heavy atom. The number of aryl methyl sites for hydroxylation is 1. The van der Waals surface area contributed by atoms with Gasteiger partial charge >= 0.3 is 0 Å². The van der Waals surface area contributed by atoms with Gasteiger partial charge in [-0.15, -0.1) is 11.8 Å². The second-order valence-corrected chi connectivity index (χ2v) is 7.19. The monoisotopic (exact) mass is 346 g/mol. The number of carbonyl (C=O) groups excluding carboxylic acids is 2. The maximum Gasteiger partial charge on any atom is 0.255 e. The molecule has 2 aromatic rings. The van der Waals surface area contributed by atoms with E-state index >= 15 is 0 Å². The minimum atomic E-state index is -0.240. The molecule has 2 aromatic carbocycles. The van der Waals surface area contributed by atoms with E-state index in [0.29, 0.717) is 22.0 Å². The minimum absolute atomic E-state index is 0.0502. The molecule has 1 unspecified atom stereocenters. The summed E-state index contributed by atoms with van der Waals surface area (Å²) in [5.41, 5.74) is 2.76. The van der Waals surface area contributed by atoms with Crippen LogP contribution in [0.1, 0.15) is 22.8 Å². The van der Waals surface area contributed by atoms with Gasteiger partial charge in [0.1, 0.15) is 0 Å². The first-order chi connectivity index (χ1) is 10.9. The summed E-state index contributed by atoms with van der Waals surface area (Å²) in [7, 11) is 0. The highest BCUT2D eigenvalue weighted by molar-refractivity contribution is 8.00. The van der Waals surface area contributed by atoms with Gasteiger partial charge in [-0.3, -0.25) is 9.59 Å². The Hall–Kier alpha value is -1.98. The average Bonchev–Trinajstić information content (AvgIpc) is 2.51. The van der Waals surface area contributed by atoms with Crippen LogP contribution in [0.3, 0.4) is 0 Å². The molecule has 0 bridgehead atoms. The minimum Gasteiger partial charge on any atom is -0.324 e. The van der Waals surface area contributed by atoms with Crippen molar-refractivity contribution >= 4 is 46.6 Å². The summed E-state index contributed by atoms with van der Waals surface area (Å²) < 4.78 is 0. The summed E-state index contributed by atoms with van der Waals surface area (Å²) in [6, 6.07) is 10.6. The van der Waals surface area contributed by atoms with Crippen LogP contribution in [0, 0.1) is 6.92 Å². The average molecular weight is 347 g/mol. The molecule has 0 fully saturated rings.